The third-order valence-electron chi connectivity index (χ3n) is 2.70. The first-order chi connectivity index (χ1) is 11.5. The number of nitrogens with two attached hydrogens (primary N) is 1. The number of pyridine rings is 1. The van der Waals surface area contributed by atoms with Crippen LogP contribution in [0.15, 0.2) is 41.6 Å². The third kappa shape index (κ3) is 4.79. The summed E-state index contributed by atoms with van der Waals surface area (Å²) in [6.07, 6.45) is -3.15. The number of nitrogens with one attached hydrogen (secondary N) is 1. The molecule has 0 fully saturated rings. The van der Waals surface area contributed by atoms with Gasteiger partial charge in [-0.2, -0.15) is 0 Å². The highest BCUT2D eigenvalue weighted by atomic mass is 32.2. The molecule has 2 rings (SSSR count). The van der Waals surface area contributed by atoms with E-state index in [2.05, 4.69) is 9.72 Å². The van der Waals surface area contributed by atoms with Crippen molar-refractivity contribution >= 4 is 21.6 Å². The number of rotatable bonds is 5. The number of amides is 1. The lowest BCUT2D eigenvalue weighted by molar-refractivity contribution is -0.275. The van der Waals surface area contributed by atoms with Crippen LogP contribution in [0.5, 0.6) is 5.75 Å². The molecule has 0 bridgehead atoms. The molecule has 7 nitrogen and oxygen atoms in total. The minimum Gasteiger partial charge on any atom is -0.404 e. The average Bonchev–Trinajstić information content (AvgIpc) is 2.47. The van der Waals surface area contributed by atoms with Gasteiger partial charge in [0.25, 0.3) is 10.0 Å². The second-order valence-electron chi connectivity index (χ2n) is 4.57. The van der Waals surface area contributed by atoms with E-state index in [-0.39, 0.29) is 11.3 Å². The van der Waals surface area contributed by atoms with Gasteiger partial charge in [-0.25, -0.2) is 12.8 Å². The van der Waals surface area contributed by atoms with E-state index in [9.17, 15) is 30.8 Å². The quantitative estimate of drug-likeness (QED) is 0.772. The van der Waals surface area contributed by atoms with Gasteiger partial charge in [0, 0.05) is 6.20 Å². The molecule has 1 amide bonds. The standard InChI is InChI=1S/C13H9F4N3O4S/c14-8-1-2-10(24-13(15,16)17)11(4-8)25(22,23)20-9-3-7(12(18)21)5-19-6-9/h1-6,20H,(H2,18,21). The van der Waals surface area contributed by atoms with Crippen LogP contribution in [0.2, 0.25) is 0 Å². The molecule has 1 heterocycles. The molecular weight excluding hydrogens is 370 g/mol. The summed E-state index contributed by atoms with van der Waals surface area (Å²) in [6.45, 7) is 0. The number of primary amides is 1. The first-order valence-corrected chi connectivity index (χ1v) is 7.79. The highest BCUT2D eigenvalue weighted by Gasteiger charge is 2.34. The highest BCUT2D eigenvalue weighted by molar-refractivity contribution is 7.92. The van der Waals surface area contributed by atoms with E-state index in [1.54, 1.807) is 0 Å². The van der Waals surface area contributed by atoms with E-state index in [0.717, 1.165) is 18.5 Å². The molecule has 0 aliphatic heterocycles. The zero-order chi connectivity index (χ0) is 18.8. The Hall–Kier alpha value is -2.89. The maximum atomic E-state index is 13.3. The summed E-state index contributed by atoms with van der Waals surface area (Å²) in [6, 6.07) is 2.50. The van der Waals surface area contributed by atoms with Gasteiger partial charge >= 0.3 is 6.36 Å². The molecule has 1 aromatic carbocycles. The van der Waals surface area contributed by atoms with Crippen molar-refractivity contribution in [1.29, 1.82) is 0 Å². The van der Waals surface area contributed by atoms with Gasteiger partial charge in [0.2, 0.25) is 5.91 Å². The number of nitrogens with zero attached hydrogens (tertiary/aromatic N) is 1. The number of halogens is 4. The fraction of sp³-hybridized carbons (Fsp3) is 0.0769. The zero-order valence-corrected chi connectivity index (χ0v) is 12.9. The van der Waals surface area contributed by atoms with E-state index in [1.807, 2.05) is 4.72 Å². The summed E-state index contributed by atoms with van der Waals surface area (Å²) in [5.41, 5.74) is 4.61. The Morgan fingerprint density at radius 2 is 1.88 bits per heavy atom. The van der Waals surface area contributed by atoms with Crippen molar-refractivity contribution in [3.63, 3.8) is 0 Å². The Kier molecular flexibility index (Phi) is 4.83. The van der Waals surface area contributed by atoms with Gasteiger partial charge in [-0.05, 0) is 24.3 Å². The molecular formula is C13H9F4N3O4S. The van der Waals surface area contributed by atoms with Crippen molar-refractivity contribution in [2.45, 2.75) is 11.3 Å². The monoisotopic (exact) mass is 379 g/mol. The number of sulfonamides is 1. The summed E-state index contributed by atoms with van der Waals surface area (Å²) < 4.78 is 80.5. The maximum absolute atomic E-state index is 13.3. The lowest BCUT2D eigenvalue weighted by Gasteiger charge is -2.14. The van der Waals surface area contributed by atoms with E-state index < -0.39 is 38.8 Å². The highest BCUT2D eigenvalue weighted by Crippen LogP contribution is 2.31. The Labute approximate surface area is 138 Å². The summed E-state index contributed by atoms with van der Waals surface area (Å²) in [7, 11) is -4.69. The third-order valence-corrected chi connectivity index (χ3v) is 4.10. The summed E-state index contributed by atoms with van der Waals surface area (Å²) in [4.78, 5) is 13.5. The molecule has 134 valence electrons. The van der Waals surface area contributed by atoms with Gasteiger partial charge in [0.15, 0.2) is 0 Å². The molecule has 0 radical (unpaired) electrons. The molecule has 25 heavy (non-hydrogen) atoms. The predicted molar refractivity (Wildman–Crippen MR) is 76.6 cm³/mol. The number of alkyl halides is 3. The summed E-state index contributed by atoms with van der Waals surface area (Å²) in [5.74, 6) is -3.13. The largest absolute Gasteiger partial charge is 0.573 e. The van der Waals surface area contributed by atoms with Gasteiger partial charge in [0.1, 0.15) is 16.5 Å². The van der Waals surface area contributed by atoms with Gasteiger partial charge in [-0.3, -0.25) is 14.5 Å². The van der Waals surface area contributed by atoms with Crippen LogP contribution in [0, 0.1) is 5.82 Å². The first-order valence-electron chi connectivity index (χ1n) is 6.31. The summed E-state index contributed by atoms with van der Waals surface area (Å²) >= 11 is 0. The molecule has 1 aromatic heterocycles. The van der Waals surface area contributed by atoms with E-state index in [1.165, 1.54) is 0 Å². The molecule has 0 unspecified atom stereocenters. The van der Waals surface area contributed by atoms with Gasteiger partial charge in [0.05, 0.1) is 17.4 Å². The van der Waals surface area contributed by atoms with Crippen LogP contribution in [0.1, 0.15) is 10.4 Å². The van der Waals surface area contributed by atoms with Gasteiger partial charge in [-0.15, -0.1) is 13.2 Å². The van der Waals surface area contributed by atoms with Crippen molar-refractivity contribution < 1.29 is 35.5 Å². The second kappa shape index (κ2) is 6.55. The number of ether oxygens (including phenoxy) is 1. The molecule has 0 spiro atoms. The van der Waals surface area contributed by atoms with Crippen LogP contribution in [0.3, 0.4) is 0 Å². The van der Waals surface area contributed by atoms with Gasteiger partial charge < -0.3 is 10.5 Å². The Bertz CT molecular complexity index is 916. The molecule has 0 saturated heterocycles. The number of anilines is 1. The molecule has 0 atom stereocenters. The molecule has 0 saturated carbocycles. The zero-order valence-electron chi connectivity index (χ0n) is 12.0. The van der Waals surface area contributed by atoms with Crippen molar-refractivity contribution in [2.75, 3.05) is 4.72 Å². The fourth-order valence-electron chi connectivity index (χ4n) is 1.74. The van der Waals surface area contributed by atoms with Gasteiger partial charge in [-0.1, -0.05) is 0 Å². The number of carbonyl (C=O) groups is 1. The van der Waals surface area contributed by atoms with Crippen LogP contribution >= 0.6 is 0 Å². The van der Waals surface area contributed by atoms with Crippen molar-refractivity contribution in [3.05, 3.63) is 48.0 Å². The summed E-state index contributed by atoms with van der Waals surface area (Å²) in [5, 5.41) is 0. The predicted octanol–water partition coefficient (Wildman–Crippen LogP) is 2.02. The van der Waals surface area contributed by atoms with E-state index in [0.29, 0.717) is 18.2 Å². The normalized spacial score (nSPS) is 11.8. The Morgan fingerprint density at radius 1 is 1.20 bits per heavy atom. The number of carbonyl (C=O) groups excluding carboxylic acids is 1. The SMILES string of the molecule is NC(=O)c1cncc(NS(=O)(=O)c2cc(F)ccc2OC(F)(F)F)c1. The van der Waals surface area contributed by atoms with Crippen LogP contribution < -0.4 is 15.2 Å². The van der Waals surface area contributed by atoms with Crippen LogP contribution in [0.4, 0.5) is 23.2 Å². The molecule has 12 heteroatoms. The van der Waals surface area contributed by atoms with Crippen LogP contribution in [-0.4, -0.2) is 25.7 Å². The van der Waals surface area contributed by atoms with E-state index >= 15 is 0 Å². The smallest absolute Gasteiger partial charge is 0.404 e. The number of aromatic nitrogens is 1. The topological polar surface area (TPSA) is 111 Å². The Morgan fingerprint density at radius 3 is 2.48 bits per heavy atom. The second-order valence-corrected chi connectivity index (χ2v) is 6.22. The minimum atomic E-state index is -5.18. The molecule has 0 aliphatic carbocycles. The lowest BCUT2D eigenvalue weighted by atomic mass is 10.2. The molecule has 0 aliphatic rings. The van der Waals surface area contributed by atoms with E-state index in [4.69, 9.17) is 5.73 Å². The molecule has 3 N–H and O–H groups in total. The van der Waals surface area contributed by atoms with Crippen molar-refractivity contribution in [1.82, 2.24) is 4.98 Å². The Balaban J connectivity index is 2.44. The van der Waals surface area contributed by atoms with Crippen LogP contribution in [-0.2, 0) is 10.0 Å². The minimum absolute atomic E-state index is 0.147. The number of hydrogen-bond donors (Lipinski definition) is 2. The van der Waals surface area contributed by atoms with Crippen LogP contribution in [0.25, 0.3) is 0 Å². The first kappa shape index (κ1) is 18.4. The maximum Gasteiger partial charge on any atom is 0.573 e. The average molecular weight is 379 g/mol. The number of benzene rings is 1. The lowest BCUT2D eigenvalue weighted by Crippen LogP contribution is -2.21. The van der Waals surface area contributed by atoms with Crippen molar-refractivity contribution in [2.24, 2.45) is 5.73 Å². The fourth-order valence-corrected chi connectivity index (χ4v) is 2.92. The molecule has 2 aromatic rings. The number of hydrogen-bond acceptors (Lipinski definition) is 5. The van der Waals surface area contributed by atoms with Crippen molar-refractivity contribution in [3.8, 4) is 5.75 Å².